The van der Waals surface area contributed by atoms with Gasteiger partial charge in [0.1, 0.15) is 12.6 Å². The summed E-state index contributed by atoms with van der Waals surface area (Å²) in [6.45, 7) is 3.90. The SMILES string of the molecule is CC(C)C[C@H](NC(=O)OCC1c2ccccc2-c2ccccc21)C(=O)NCC#CC(=O)O. The Kier molecular flexibility index (Phi) is 7.50. The van der Waals surface area contributed by atoms with E-state index < -0.39 is 24.0 Å². The first-order valence-corrected chi connectivity index (χ1v) is 10.5. The fourth-order valence-electron chi connectivity index (χ4n) is 3.86. The van der Waals surface area contributed by atoms with Gasteiger partial charge in [-0.2, -0.15) is 0 Å². The molecule has 0 aliphatic heterocycles. The highest BCUT2D eigenvalue weighted by molar-refractivity contribution is 5.87. The molecule has 1 aliphatic carbocycles. The molecule has 0 spiro atoms. The normalized spacial score (nSPS) is 12.7. The molecule has 7 nitrogen and oxygen atoms in total. The summed E-state index contributed by atoms with van der Waals surface area (Å²) >= 11 is 0. The third kappa shape index (κ3) is 5.67. The van der Waals surface area contributed by atoms with Crippen molar-refractivity contribution < 1.29 is 24.2 Å². The predicted octanol–water partition coefficient (Wildman–Crippen LogP) is 3.14. The fourth-order valence-corrected chi connectivity index (χ4v) is 3.86. The Balaban J connectivity index is 1.62. The lowest BCUT2D eigenvalue weighted by molar-refractivity contribution is -0.130. The van der Waals surface area contributed by atoms with Crippen LogP contribution in [0.2, 0.25) is 0 Å². The van der Waals surface area contributed by atoms with Gasteiger partial charge >= 0.3 is 12.1 Å². The third-order valence-corrected chi connectivity index (χ3v) is 5.21. The van der Waals surface area contributed by atoms with Gasteiger partial charge in [-0.25, -0.2) is 9.59 Å². The second-order valence-electron chi connectivity index (χ2n) is 7.98. The van der Waals surface area contributed by atoms with Gasteiger partial charge in [-0.15, -0.1) is 0 Å². The Morgan fingerprint density at radius 3 is 2.19 bits per heavy atom. The van der Waals surface area contributed by atoms with Gasteiger partial charge in [0, 0.05) is 11.8 Å². The summed E-state index contributed by atoms with van der Waals surface area (Å²) in [7, 11) is 0. The molecule has 0 heterocycles. The smallest absolute Gasteiger partial charge is 0.407 e. The number of carboxylic acid groups (broad SMARTS) is 1. The minimum absolute atomic E-state index is 0.0724. The molecule has 0 saturated carbocycles. The number of carbonyl (C=O) groups excluding carboxylic acids is 2. The van der Waals surface area contributed by atoms with E-state index in [1.807, 2.05) is 56.2 Å². The van der Waals surface area contributed by atoms with E-state index in [0.29, 0.717) is 6.42 Å². The molecule has 0 fully saturated rings. The van der Waals surface area contributed by atoms with E-state index in [4.69, 9.17) is 9.84 Å². The van der Waals surface area contributed by atoms with Gasteiger partial charge in [0.05, 0.1) is 6.54 Å². The van der Waals surface area contributed by atoms with Crippen LogP contribution in [0.25, 0.3) is 11.1 Å². The van der Waals surface area contributed by atoms with E-state index in [0.717, 1.165) is 22.3 Å². The molecular weight excluding hydrogens is 408 g/mol. The van der Waals surface area contributed by atoms with Crippen LogP contribution in [0.15, 0.2) is 48.5 Å². The van der Waals surface area contributed by atoms with E-state index in [2.05, 4.69) is 28.7 Å². The third-order valence-electron chi connectivity index (χ3n) is 5.21. The van der Waals surface area contributed by atoms with Crippen molar-refractivity contribution in [2.45, 2.75) is 32.2 Å². The molecule has 0 radical (unpaired) electrons. The number of ether oxygens (including phenoxy) is 1. The number of aliphatic carboxylic acids is 1. The topological polar surface area (TPSA) is 105 Å². The van der Waals surface area contributed by atoms with Crippen LogP contribution in [0.5, 0.6) is 0 Å². The number of carboxylic acids is 1. The number of alkyl carbamates (subject to hydrolysis) is 1. The lowest BCUT2D eigenvalue weighted by Crippen LogP contribution is -2.47. The summed E-state index contributed by atoms with van der Waals surface area (Å²) < 4.78 is 5.52. The quantitative estimate of drug-likeness (QED) is 0.581. The van der Waals surface area contributed by atoms with Gasteiger partial charge in [0.2, 0.25) is 5.91 Å². The van der Waals surface area contributed by atoms with Crippen molar-refractivity contribution in [3.05, 3.63) is 59.7 Å². The molecule has 0 unspecified atom stereocenters. The van der Waals surface area contributed by atoms with Crippen molar-refractivity contribution in [1.29, 1.82) is 0 Å². The van der Waals surface area contributed by atoms with Crippen LogP contribution >= 0.6 is 0 Å². The summed E-state index contributed by atoms with van der Waals surface area (Å²) in [6, 6.07) is 15.3. The number of rotatable bonds is 7. The Morgan fingerprint density at radius 2 is 1.62 bits per heavy atom. The number of amides is 2. The van der Waals surface area contributed by atoms with Crippen LogP contribution in [-0.4, -0.2) is 42.3 Å². The fraction of sp³-hybridized carbons (Fsp3) is 0.320. The summed E-state index contributed by atoms with van der Waals surface area (Å²) in [6.07, 6.45) is -0.271. The van der Waals surface area contributed by atoms with Crippen molar-refractivity contribution in [2.75, 3.05) is 13.2 Å². The molecule has 2 aromatic rings. The molecule has 1 atom stereocenters. The maximum absolute atomic E-state index is 12.5. The summed E-state index contributed by atoms with van der Waals surface area (Å²) in [5.74, 6) is 2.63. The molecule has 0 saturated heterocycles. The van der Waals surface area contributed by atoms with Crippen molar-refractivity contribution >= 4 is 18.0 Å². The van der Waals surface area contributed by atoms with Gasteiger partial charge in [-0.3, -0.25) is 4.79 Å². The highest BCUT2D eigenvalue weighted by Gasteiger charge is 2.29. The number of hydrogen-bond acceptors (Lipinski definition) is 4. The Bertz CT molecular complexity index is 1020. The number of fused-ring (bicyclic) bond motifs is 3. The average molecular weight is 434 g/mol. The molecule has 0 aromatic heterocycles. The minimum atomic E-state index is -1.27. The van der Waals surface area contributed by atoms with Crippen molar-refractivity contribution in [1.82, 2.24) is 10.6 Å². The van der Waals surface area contributed by atoms with Crippen LogP contribution in [0.3, 0.4) is 0 Å². The Hall–Kier alpha value is -3.79. The zero-order valence-electron chi connectivity index (χ0n) is 18.1. The number of benzene rings is 2. The average Bonchev–Trinajstić information content (AvgIpc) is 3.08. The lowest BCUT2D eigenvalue weighted by atomic mass is 9.98. The summed E-state index contributed by atoms with van der Waals surface area (Å²) in [4.78, 5) is 35.4. The zero-order valence-corrected chi connectivity index (χ0v) is 18.1. The largest absolute Gasteiger partial charge is 0.472 e. The zero-order chi connectivity index (χ0) is 23.1. The Morgan fingerprint density at radius 1 is 1.03 bits per heavy atom. The maximum atomic E-state index is 12.5. The van der Waals surface area contributed by atoms with E-state index in [9.17, 15) is 14.4 Å². The number of carbonyl (C=O) groups is 3. The van der Waals surface area contributed by atoms with Crippen LogP contribution < -0.4 is 10.6 Å². The maximum Gasteiger partial charge on any atom is 0.407 e. The van der Waals surface area contributed by atoms with Crippen molar-refractivity contribution in [3.63, 3.8) is 0 Å². The summed E-state index contributed by atoms with van der Waals surface area (Å²) in [5.41, 5.74) is 4.48. The van der Waals surface area contributed by atoms with Crippen LogP contribution in [0, 0.1) is 17.8 Å². The van der Waals surface area contributed by atoms with Crippen LogP contribution in [0.4, 0.5) is 4.79 Å². The van der Waals surface area contributed by atoms with E-state index in [1.165, 1.54) is 0 Å². The van der Waals surface area contributed by atoms with E-state index in [1.54, 1.807) is 0 Å². The number of hydrogen-bond donors (Lipinski definition) is 3. The van der Waals surface area contributed by atoms with E-state index in [-0.39, 0.29) is 25.0 Å². The van der Waals surface area contributed by atoms with E-state index >= 15 is 0 Å². The van der Waals surface area contributed by atoms with Crippen molar-refractivity contribution in [3.8, 4) is 23.0 Å². The second kappa shape index (κ2) is 10.5. The number of nitrogens with one attached hydrogen (secondary N) is 2. The molecule has 3 rings (SSSR count). The summed E-state index contributed by atoms with van der Waals surface area (Å²) in [5, 5.41) is 13.7. The lowest BCUT2D eigenvalue weighted by Gasteiger charge is -2.20. The first kappa shape index (κ1) is 22.9. The van der Waals surface area contributed by atoms with Gasteiger partial charge in [0.25, 0.3) is 0 Å². The van der Waals surface area contributed by atoms with Gasteiger partial charge < -0.3 is 20.5 Å². The molecule has 7 heteroatoms. The van der Waals surface area contributed by atoms with Gasteiger partial charge in [0.15, 0.2) is 0 Å². The molecule has 2 amide bonds. The molecule has 166 valence electrons. The monoisotopic (exact) mass is 434 g/mol. The molecule has 1 aliphatic rings. The van der Waals surface area contributed by atoms with Crippen LogP contribution in [-0.2, 0) is 14.3 Å². The molecular formula is C25H26N2O5. The standard InChI is InChI=1S/C25H26N2O5/c1-16(2)14-22(24(30)26-13-7-12-23(28)29)27-25(31)32-15-21-19-10-5-3-8-17(19)18-9-4-6-11-20(18)21/h3-6,8-11,16,21-22H,13-15H2,1-2H3,(H,26,30)(H,27,31)(H,28,29)/t22-/m0/s1. The van der Waals surface area contributed by atoms with Gasteiger partial charge in [-0.05, 0) is 34.6 Å². The predicted molar refractivity (Wildman–Crippen MR) is 120 cm³/mol. The first-order chi connectivity index (χ1) is 15.4. The molecule has 2 aromatic carbocycles. The van der Waals surface area contributed by atoms with Crippen molar-refractivity contribution in [2.24, 2.45) is 5.92 Å². The highest BCUT2D eigenvalue weighted by atomic mass is 16.5. The Labute approximate surface area is 187 Å². The van der Waals surface area contributed by atoms with Crippen LogP contribution in [0.1, 0.15) is 37.3 Å². The molecule has 32 heavy (non-hydrogen) atoms. The highest BCUT2D eigenvalue weighted by Crippen LogP contribution is 2.44. The molecule has 3 N–H and O–H groups in total. The molecule has 0 bridgehead atoms. The second-order valence-corrected chi connectivity index (χ2v) is 7.98. The first-order valence-electron chi connectivity index (χ1n) is 10.5. The minimum Gasteiger partial charge on any atom is -0.472 e. The van der Waals surface area contributed by atoms with Gasteiger partial charge in [-0.1, -0.05) is 68.3 Å².